The van der Waals surface area contributed by atoms with Crippen LogP contribution in [0.25, 0.3) is 11.0 Å². The molecule has 4 heteroatoms. The fraction of sp³-hybridized carbons (Fsp3) is 0.455. The molecule has 0 aromatic carbocycles. The maximum Gasteiger partial charge on any atom is 0.112 e. The molecule has 0 bridgehead atoms. The van der Waals surface area contributed by atoms with Gasteiger partial charge in [0.15, 0.2) is 0 Å². The summed E-state index contributed by atoms with van der Waals surface area (Å²) < 4.78 is 0. The summed E-state index contributed by atoms with van der Waals surface area (Å²) in [5, 5.41) is 0. The molecular formula is C11H16N4. The van der Waals surface area contributed by atoms with Gasteiger partial charge in [-0.1, -0.05) is 20.8 Å². The van der Waals surface area contributed by atoms with Crippen molar-refractivity contribution in [3.8, 4) is 0 Å². The van der Waals surface area contributed by atoms with Gasteiger partial charge in [-0.2, -0.15) is 0 Å². The first-order chi connectivity index (χ1) is 7.00. The highest BCUT2D eigenvalue weighted by Crippen LogP contribution is 2.22. The van der Waals surface area contributed by atoms with Gasteiger partial charge in [-0.15, -0.1) is 0 Å². The number of nitrogens with zero attached hydrogens (tertiary/aromatic N) is 2. The van der Waals surface area contributed by atoms with E-state index in [0.717, 1.165) is 22.6 Å². The minimum Gasteiger partial charge on any atom is -0.340 e. The zero-order valence-corrected chi connectivity index (χ0v) is 9.33. The zero-order chi connectivity index (χ0) is 11.1. The molecule has 0 saturated carbocycles. The van der Waals surface area contributed by atoms with E-state index in [-0.39, 0.29) is 5.41 Å². The van der Waals surface area contributed by atoms with E-state index in [0.29, 0.717) is 6.54 Å². The van der Waals surface area contributed by atoms with Gasteiger partial charge in [0, 0.05) is 12.0 Å². The lowest BCUT2D eigenvalue weighted by molar-refractivity contribution is 0.554. The van der Waals surface area contributed by atoms with Crippen molar-refractivity contribution < 1.29 is 0 Å². The molecule has 0 atom stereocenters. The van der Waals surface area contributed by atoms with Crippen LogP contribution < -0.4 is 5.73 Å². The Morgan fingerprint density at radius 1 is 1.40 bits per heavy atom. The Hall–Kier alpha value is -1.42. The molecule has 0 aliphatic carbocycles. The van der Waals surface area contributed by atoms with E-state index in [1.165, 1.54) is 0 Å². The molecule has 0 saturated heterocycles. The second-order valence-corrected chi connectivity index (χ2v) is 4.73. The number of aromatic amines is 1. The summed E-state index contributed by atoms with van der Waals surface area (Å²) in [5.41, 5.74) is 8.34. The highest BCUT2D eigenvalue weighted by molar-refractivity contribution is 5.74. The van der Waals surface area contributed by atoms with Gasteiger partial charge in [0.05, 0.1) is 22.9 Å². The number of aromatic nitrogens is 3. The minimum absolute atomic E-state index is 0.0297. The standard InChI is InChI=1S/C11H16N4/c1-11(2,3)10-14-8-4-7(5-12)13-6-9(8)15-10/h4,6H,5,12H2,1-3H3,(H,14,15). The number of rotatable bonds is 1. The Morgan fingerprint density at radius 2 is 2.13 bits per heavy atom. The predicted molar refractivity (Wildman–Crippen MR) is 60.5 cm³/mol. The molecule has 4 nitrogen and oxygen atoms in total. The summed E-state index contributed by atoms with van der Waals surface area (Å²) >= 11 is 0. The molecule has 2 aromatic heterocycles. The first kappa shape index (κ1) is 10.1. The van der Waals surface area contributed by atoms with Gasteiger partial charge >= 0.3 is 0 Å². The molecule has 2 aromatic rings. The van der Waals surface area contributed by atoms with Gasteiger partial charge in [0.25, 0.3) is 0 Å². The van der Waals surface area contributed by atoms with Crippen molar-refractivity contribution in [1.82, 2.24) is 15.0 Å². The van der Waals surface area contributed by atoms with Crippen LogP contribution in [0.2, 0.25) is 0 Å². The molecule has 0 radical (unpaired) electrons. The third-order valence-electron chi connectivity index (χ3n) is 2.34. The van der Waals surface area contributed by atoms with Gasteiger partial charge in [-0.05, 0) is 6.07 Å². The van der Waals surface area contributed by atoms with Crippen LogP contribution in [-0.4, -0.2) is 15.0 Å². The van der Waals surface area contributed by atoms with Crippen molar-refractivity contribution in [1.29, 1.82) is 0 Å². The summed E-state index contributed by atoms with van der Waals surface area (Å²) in [6.45, 7) is 6.83. The van der Waals surface area contributed by atoms with Crippen molar-refractivity contribution in [2.75, 3.05) is 0 Å². The second-order valence-electron chi connectivity index (χ2n) is 4.73. The Labute approximate surface area is 88.9 Å². The molecule has 80 valence electrons. The Kier molecular flexibility index (Phi) is 2.23. The number of nitrogens with one attached hydrogen (secondary N) is 1. The summed E-state index contributed by atoms with van der Waals surface area (Å²) in [4.78, 5) is 12.0. The van der Waals surface area contributed by atoms with E-state index in [1.807, 2.05) is 6.07 Å². The van der Waals surface area contributed by atoms with Crippen LogP contribution in [0.1, 0.15) is 32.3 Å². The summed E-state index contributed by atoms with van der Waals surface area (Å²) in [6, 6.07) is 1.93. The Bertz CT molecular complexity index is 479. The molecular weight excluding hydrogens is 188 g/mol. The fourth-order valence-corrected chi connectivity index (χ4v) is 1.42. The number of hydrogen-bond donors (Lipinski definition) is 2. The van der Waals surface area contributed by atoms with Gasteiger partial charge in [0.2, 0.25) is 0 Å². The molecule has 0 aliphatic heterocycles. The van der Waals surface area contributed by atoms with Crippen molar-refractivity contribution >= 4 is 11.0 Å². The highest BCUT2D eigenvalue weighted by atomic mass is 14.9. The lowest BCUT2D eigenvalue weighted by Gasteiger charge is -2.13. The lowest BCUT2D eigenvalue weighted by Crippen LogP contribution is -2.12. The number of H-pyrrole nitrogens is 1. The third kappa shape index (κ3) is 1.85. The van der Waals surface area contributed by atoms with Crippen molar-refractivity contribution in [3.63, 3.8) is 0 Å². The first-order valence-electron chi connectivity index (χ1n) is 5.06. The number of pyridine rings is 1. The second kappa shape index (κ2) is 3.31. The van der Waals surface area contributed by atoms with E-state index >= 15 is 0 Å². The SMILES string of the molecule is CC(C)(C)c1nc2cc(CN)ncc2[nH]1. The van der Waals surface area contributed by atoms with Crippen LogP contribution in [0.5, 0.6) is 0 Å². The van der Waals surface area contributed by atoms with Crippen LogP contribution >= 0.6 is 0 Å². The fourth-order valence-electron chi connectivity index (χ4n) is 1.42. The van der Waals surface area contributed by atoms with E-state index in [1.54, 1.807) is 6.20 Å². The monoisotopic (exact) mass is 204 g/mol. The first-order valence-corrected chi connectivity index (χ1v) is 5.06. The molecule has 0 amide bonds. The molecule has 0 aliphatic rings. The van der Waals surface area contributed by atoms with Crippen LogP contribution in [0.15, 0.2) is 12.3 Å². The topological polar surface area (TPSA) is 67.6 Å². The van der Waals surface area contributed by atoms with Crippen LogP contribution in [0, 0.1) is 0 Å². The highest BCUT2D eigenvalue weighted by Gasteiger charge is 2.18. The smallest absolute Gasteiger partial charge is 0.112 e. The molecule has 0 unspecified atom stereocenters. The Balaban J connectivity index is 2.56. The van der Waals surface area contributed by atoms with Crippen LogP contribution in [0.4, 0.5) is 0 Å². The largest absolute Gasteiger partial charge is 0.340 e. The molecule has 2 rings (SSSR count). The number of nitrogens with two attached hydrogens (primary N) is 1. The Morgan fingerprint density at radius 3 is 2.73 bits per heavy atom. The van der Waals surface area contributed by atoms with E-state index < -0.39 is 0 Å². The van der Waals surface area contributed by atoms with E-state index in [2.05, 4.69) is 35.7 Å². The quantitative estimate of drug-likeness (QED) is 0.743. The van der Waals surface area contributed by atoms with E-state index in [4.69, 9.17) is 5.73 Å². The zero-order valence-electron chi connectivity index (χ0n) is 9.33. The van der Waals surface area contributed by atoms with Gasteiger partial charge in [-0.25, -0.2) is 4.98 Å². The van der Waals surface area contributed by atoms with Crippen molar-refractivity contribution in [2.24, 2.45) is 5.73 Å². The van der Waals surface area contributed by atoms with Gasteiger partial charge < -0.3 is 10.7 Å². The average Bonchev–Trinajstić information content (AvgIpc) is 2.59. The number of hydrogen-bond acceptors (Lipinski definition) is 3. The number of fused-ring (bicyclic) bond motifs is 1. The van der Waals surface area contributed by atoms with Crippen LogP contribution in [-0.2, 0) is 12.0 Å². The minimum atomic E-state index is 0.0297. The van der Waals surface area contributed by atoms with Crippen molar-refractivity contribution in [3.05, 3.63) is 23.8 Å². The molecule has 0 spiro atoms. The van der Waals surface area contributed by atoms with Gasteiger partial charge in [0.1, 0.15) is 5.82 Å². The van der Waals surface area contributed by atoms with Crippen LogP contribution in [0.3, 0.4) is 0 Å². The number of imidazole rings is 1. The average molecular weight is 204 g/mol. The maximum atomic E-state index is 5.53. The lowest BCUT2D eigenvalue weighted by atomic mass is 9.96. The predicted octanol–water partition coefficient (Wildman–Crippen LogP) is 1.71. The molecule has 2 heterocycles. The molecule has 0 fully saturated rings. The normalized spacial score (nSPS) is 12.3. The summed E-state index contributed by atoms with van der Waals surface area (Å²) in [6.07, 6.45) is 1.79. The molecule has 15 heavy (non-hydrogen) atoms. The van der Waals surface area contributed by atoms with Gasteiger partial charge in [-0.3, -0.25) is 4.98 Å². The molecule has 3 N–H and O–H groups in total. The maximum absolute atomic E-state index is 5.53. The summed E-state index contributed by atoms with van der Waals surface area (Å²) in [7, 11) is 0. The van der Waals surface area contributed by atoms with E-state index in [9.17, 15) is 0 Å². The third-order valence-corrected chi connectivity index (χ3v) is 2.34. The van der Waals surface area contributed by atoms with Crippen molar-refractivity contribution in [2.45, 2.75) is 32.7 Å². The summed E-state index contributed by atoms with van der Waals surface area (Å²) in [5.74, 6) is 0.980.